The van der Waals surface area contributed by atoms with Crippen molar-refractivity contribution in [3.05, 3.63) is 59.2 Å². The monoisotopic (exact) mass is 433 g/mol. The third-order valence-electron chi connectivity index (χ3n) is 4.80. The van der Waals surface area contributed by atoms with Crippen LogP contribution in [0.4, 0.5) is 11.5 Å². The third-order valence-corrected chi connectivity index (χ3v) is 5.80. The molecule has 31 heavy (non-hydrogen) atoms. The van der Waals surface area contributed by atoms with Gasteiger partial charge in [0.15, 0.2) is 0 Å². The van der Waals surface area contributed by atoms with Gasteiger partial charge in [-0.2, -0.15) is 0 Å². The molecule has 1 N–H and O–H groups in total. The van der Waals surface area contributed by atoms with Crippen LogP contribution in [-0.4, -0.2) is 22.7 Å². The molecular formula is C25H27N3O2S. The Hall–Kier alpha value is -3.12. The molecule has 0 bridgehead atoms. The second-order valence-electron chi connectivity index (χ2n) is 7.58. The molecule has 0 radical (unpaired) electrons. The number of nitrogens with zero attached hydrogens (tertiary/aromatic N) is 2. The van der Waals surface area contributed by atoms with E-state index in [0.717, 1.165) is 50.2 Å². The van der Waals surface area contributed by atoms with Gasteiger partial charge < -0.3 is 14.8 Å². The molecule has 0 aliphatic heterocycles. The summed E-state index contributed by atoms with van der Waals surface area (Å²) in [5.74, 6) is 3.19. The number of hydrogen-bond acceptors (Lipinski definition) is 6. The molecule has 0 amide bonds. The van der Waals surface area contributed by atoms with Crippen LogP contribution in [0.15, 0.2) is 48.5 Å². The number of aryl methyl sites for hydroxylation is 2. The summed E-state index contributed by atoms with van der Waals surface area (Å²) in [6.45, 7) is 10.7. The van der Waals surface area contributed by atoms with Crippen molar-refractivity contribution in [3.8, 4) is 22.6 Å². The maximum Gasteiger partial charge on any atom is 0.143 e. The van der Waals surface area contributed by atoms with Crippen molar-refractivity contribution in [2.24, 2.45) is 0 Å². The number of benzene rings is 2. The van der Waals surface area contributed by atoms with Crippen LogP contribution in [0.3, 0.4) is 0 Å². The van der Waals surface area contributed by atoms with Crippen molar-refractivity contribution in [2.45, 2.75) is 40.7 Å². The van der Waals surface area contributed by atoms with Gasteiger partial charge in [0.25, 0.3) is 0 Å². The fourth-order valence-corrected chi connectivity index (χ4v) is 4.69. The number of nitrogens with one attached hydrogen (secondary N) is 1. The smallest absolute Gasteiger partial charge is 0.143 e. The lowest BCUT2D eigenvalue weighted by molar-refractivity contribution is 0.244. The van der Waals surface area contributed by atoms with Crippen LogP contribution in [0.1, 0.15) is 31.5 Å². The molecule has 4 aromatic rings. The van der Waals surface area contributed by atoms with Crippen LogP contribution in [0.2, 0.25) is 0 Å². The van der Waals surface area contributed by atoms with Crippen LogP contribution in [0, 0.1) is 13.8 Å². The summed E-state index contributed by atoms with van der Waals surface area (Å²) in [7, 11) is 0. The predicted octanol–water partition coefficient (Wildman–Crippen LogP) is 6.90. The van der Waals surface area contributed by atoms with Crippen LogP contribution < -0.4 is 14.8 Å². The Labute approximate surface area is 187 Å². The van der Waals surface area contributed by atoms with Crippen molar-refractivity contribution in [3.63, 3.8) is 0 Å². The van der Waals surface area contributed by atoms with Gasteiger partial charge >= 0.3 is 0 Å². The van der Waals surface area contributed by atoms with Crippen molar-refractivity contribution in [1.82, 2.24) is 9.97 Å². The average molecular weight is 434 g/mol. The number of anilines is 2. The topological polar surface area (TPSA) is 56.3 Å². The zero-order chi connectivity index (χ0) is 22.0. The Balaban J connectivity index is 1.83. The lowest BCUT2D eigenvalue weighted by atomic mass is 10.0. The van der Waals surface area contributed by atoms with Crippen LogP contribution in [0.25, 0.3) is 21.3 Å². The predicted molar refractivity (Wildman–Crippen MR) is 129 cm³/mol. The molecule has 2 aromatic heterocycles. The molecule has 0 unspecified atom stereocenters. The standard InChI is InChI=1S/C25H27N3O2S/c1-6-29-19-13-11-18(12-14-19)22-16(4)31-25-23(22)24(26-17(5)27-25)28-20-9-7-8-10-21(20)30-15(2)3/h7-15H,6H2,1-5H3,(H,26,27,28). The minimum absolute atomic E-state index is 0.0814. The number of thiophene rings is 1. The molecule has 6 heteroatoms. The van der Waals surface area contributed by atoms with E-state index in [0.29, 0.717) is 6.61 Å². The number of hydrogen-bond donors (Lipinski definition) is 1. The summed E-state index contributed by atoms with van der Waals surface area (Å²) in [5.41, 5.74) is 3.15. The highest BCUT2D eigenvalue weighted by Crippen LogP contribution is 2.42. The number of rotatable bonds is 7. The van der Waals surface area contributed by atoms with Gasteiger partial charge in [0.1, 0.15) is 28.0 Å². The van der Waals surface area contributed by atoms with E-state index in [1.165, 1.54) is 4.88 Å². The molecule has 0 spiro atoms. The van der Waals surface area contributed by atoms with Crippen LogP contribution in [-0.2, 0) is 0 Å². The highest BCUT2D eigenvalue weighted by molar-refractivity contribution is 7.19. The summed E-state index contributed by atoms with van der Waals surface area (Å²) in [4.78, 5) is 11.7. The van der Waals surface area contributed by atoms with E-state index in [2.05, 4.69) is 24.4 Å². The van der Waals surface area contributed by atoms with E-state index in [9.17, 15) is 0 Å². The molecule has 2 aromatic carbocycles. The lowest BCUT2D eigenvalue weighted by Crippen LogP contribution is -2.08. The van der Waals surface area contributed by atoms with Crippen molar-refractivity contribution in [1.29, 1.82) is 0 Å². The Morgan fingerprint density at radius 1 is 1.00 bits per heavy atom. The fourth-order valence-electron chi connectivity index (χ4n) is 3.59. The van der Waals surface area contributed by atoms with Crippen molar-refractivity contribution in [2.75, 3.05) is 11.9 Å². The Bertz CT molecular complexity index is 1200. The number of ether oxygens (including phenoxy) is 2. The number of para-hydroxylation sites is 2. The summed E-state index contributed by atoms with van der Waals surface area (Å²) in [6.07, 6.45) is 0.0814. The van der Waals surface area contributed by atoms with Gasteiger partial charge in [0, 0.05) is 10.4 Å². The first-order valence-electron chi connectivity index (χ1n) is 10.5. The maximum atomic E-state index is 6.00. The van der Waals surface area contributed by atoms with Crippen LogP contribution in [0.5, 0.6) is 11.5 Å². The molecule has 0 saturated carbocycles. The molecule has 5 nitrogen and oxygen atoms in total. The maximum absolute atomic E-state index is 6.00. The van der Waals surface area contributed by atoms with E-state index >= 15 is 0 Å². The second-order valence-corrected chi connectivity index (χ2v) is 8.78. The quantitative estimate of drug-likeness (QED) is 0.343. The molecule has 0 aliphatic rings. The van der Waals surface area contributed by atoms with E-state index < -0.39 is 0 Å². The number of aromatic nitrogens is 2. The van der Waals surface area contributed by atoms with Gasteiger partial charge in [-0.3, -0.25) is 0 Å². The van der Waals surface area contributed by atoms with E-state index in [1.807, 2.05) is 64.1 Å². The van der Waals surface area contributed by atoms with Gasteiger partial charge in [-0.1, -0.05) is 24.3 Å². The zero-order valence-electron chi connectivity index (χ0n) is 18.5. The molecule has 0 aliphatic carbocycles. The van der Waals surface area contributed by atoms with Crippen LogP contribution >= 0.6 is 11.3 Å². The van der Waals surface area contributed by atoms with E-state index in [1.54, 1.807) is 11.3 Å². The molecular weight excluding hydrogens is 406 g/mol. The average Bonchev–Trinajstić information content (AvgIpc) is 3.05. The van der Waals surface area contributed by atoms with Gasteiger partial charge in [0.2, 0.25) is 0 Å². The Morgan fingerprint density at radius 2 is 1.74 bits per heavy atom. The highest BCUT2D eigenvalue weighted by Gasteiger charge is 2.19. The SMILES string of the molecule is CCOc1ccc(-c2c(C)sc3nc(C)nc(Nc4ccccc4OC(C)C)c23)cc1. The van der Waals surface area contributed by atoms with Gasteiger partial charge in [-0.05, 0) is 64.4 Å². The minimum Gasteiger partial charge on any atom is -0.494 e. The normalized spacial score (nSPS) is 11.2. The minimum atomic E-state index is 0.0814. The molecule has 0 atom stereocenters. The highest BCUT2D eigenvalue weighted by atomic mass is 32.1. The van der Waals surface area contributed by atoms with Gasteiger partial charge in [-0.15, -0.1) is 11.3 Å². The summed E-state index contributed by atoms with van der Waals surface area (Å²) in [5, 5.41) is 4.55. The van der Waals surface area contributed by atoms with Gasteiger partial charge in [-0.25, -0.2) is 9.97 Å². The van der Waals surface area contributed by atoms with Crippen molar-refractivity contribution >= 4 is 33.1 Å². The molecule has 0 fully saturated rings. The van der Waals surface area contributed by atoms with Gasteiger partial charge in [0.05, 0.1) is 23.8 Å². The van der Waals surface area contributed by atoms with E-state index in [-0.39, 0.29) is 6.10 Å². The number of fused-ring (bicyclic) bond motifs is 1. The molecule has 2 heterocycles. The largest absolute Gasteiger partial charge is 0.494 e. The molecule has 4 rings (SSSR count). The molecule has 160 valence electrons. The Kier molecular flexibility index (Phi) is 6.09. The fraction of sp³-hybridized carbons (Fsp3) is 0.280. The summed E-state index contributed by atoms with van der Waals surface area (Å²) in [6, 6.07) is 16.2. The third kappa shape index (κ3) is 4.49. The lowest BCUT2D eigenvalue weighted by Gasteiger charge is -2.16. The first kappa shape index (κ1) is 21.1. The molecule has 0 saturated heterocycles. The van der Waals surface area contributed by atoms with E-state index in [4.69, 9.17) is 19.4 Å². The second kappa shape index (κ2) is 8.94. The first-order valence-corrected chi connectivity index (χ1v) is 11.3. The first-order chi connectivity index (χ1) is 15.0. The van der Waals surface area contributed by atoms with Crippen molar-refractivity contribution < 1.29 is 9.47 Å². The zero-order valence-corrected chi connectivity index (χ0v) is 19.3. The Morgan fingerprint density at radius 3 is 2.45 bits per heavy atom. The summed E-state index contributed by atoms with van der Waals surface area (Å²) < 4.78 is 11.6. The summed E-state index contributed by atoms with van der Waals surface area (Å²) >= 11 is 1.69.